The van der Waals surface area contributed by atoms with Crippen LogP contribution in [0.2, 0.25) is 0 Å². The summed E-state index contributed by atoms with van der Waals surface area (Å²) in [7, 11) is 0. The third kappa shape index (κ3) is 3.67. The third-order valence-corrected chi connectivity index (χ3v) is 4.38. The van der Waals surface area contributed by atoms with E-state index in [0.717, 1.165) is 51.1 Å². The number of fused-ring (bicyclic) bond motifs is 1. The van der Waals surface area contributed by atoms with Crippen molar-refractivity contribution >= 4 is 6.09 Å². The Hall–Kier alpha value is -1.75. The number of rotatable bonds is 3. The molecule has 5 nitrogen and oxygen atoms in total. The first kappa shape index (κ1) is 14.2. The summed E-state index contributed by atoms with van der Waals surface area (Å²) < 4.78 is 6.07. The Labute approximate surface area is 124 Å². The molecule has 0 aliphatic carbocycles. The first-order chi connectivity index (χ1) is 10.2. The van der Waals surface area contributed by atoms with E-state index in [2.05, 4.69) is 22.3 Å². The number of para-hydroxylation sites is 1. The Morgan fingerprint density at radius 2 is 2.05 bits per heavy atom. The number of piperidine rings is 1. The van der Waals surface area contributed by atoms with Crippen molar-refractivity contribution in [1.82, 2.24) is 10.2 Å². The van der Waals surface area contributed by atoms with Gasteiger partial charge in [0.2, 0.25) is 0 Å². The van der Waals surface area contributed by atoms with Crippen molar-refractivity contribution in [3.63, 3.8) is 0 Å². The van der Waals surface area contributed by atoms with Gasteiger partial charge in [0.1, 0.15) is 11.9 Å². The van der Waals surface area contributed by atoms with Crippen LogP contribution in [0.25, 0.3) is 0 Å². The summed E-state index contributed by atoms with van der Waals surface area (Å²) in [5, 5.41) is 11.3. The first-order valence-electron chi connectivity index (χ1n) is 7.67. The van der Waals surface area contributed by atoms with E-state index >= 15 is 0 Å². The lowest BCUT2D eigenvalue weighted by Crippen LogP contribution is -2.47. The molecule has 0 spiro atoms. The Balaban J connectivity index is 1.47. The van der Waals surface area contributed by atoms with Crippen LogP contribution in [0.5, 0.6) is 5.75 Å². The van der Waals surface area contributed by atoms with Crippen LogP contribution in [-0.4, -0.2) is 47.9 Å². The standard InChI is InChI=1S/C16H22N2O3/c19-16(20)17-13-7-9-18(10-8-13)11-14-6-5-12-3-1-2-4-15(12)21-14/h1-4,13-14,17H,5-11H2,(H,19,20). The lowest BCUT2D eigenvalue weighted by Gasteiger charge is -2.35. The minimum atomic E-state index is -0.916. The van der Waals surface area contributed by atoms with E-state index in [0.29, 0.717) is 0 Å². The zero-order valence-electron chi connectivity index (χ0n) is 12.1. The Morgan fingerprint density at radius 3 is 2.81 bits per heavy atom. The topological polar surface area (TPSA) is 61.8 Å². The molecular weight excluding hydrogens is 268 g/mol. The molecule has 1 amide bonds. The summed E-state index contributed by atoms with van der Waals surface area (Å²) in [5.74, 6) is 1.02. The van der Waals surface area contributed by atoms with E-state index in [-0.39, 0.29) is 12.1 Å². The largest absolute Gasteiger partial charge is 0.489 e. The molecule has 1 atom stereocenters. The minimum Gasteiger partial charge on any atom is -0.489 e. The molecule has 2 aliphatic heterocycles. The van der Waals surface area contributed by atoms with Crippen molar-refractivity contribution in [3.8, 4) is 5.75 Å². The number of benzene rings is 1. The molecule has 0 radical (unpaired) electrons. The highest BCUT2D eigenvalue weighted by Crippen LogP contribution is 2.27. The summed E-state index contributed by atoms with van der Waals surface area (Å²) in [6, 6.07) is 8.36. The molecule has 0 aromatic heterocycles. The fraction of sp³-hybridized carbons (Fsp3) is 0.562. The van der Waals surface area contributed by atoms with Crippen molar-refractivity contribution in [2.75, 3.05) is 19.6 Å². The predicted molar refractivity (Wildman–Crippen MR) is 79.8 cm³/mol. The van der Waals surface area contributed by atoms with Crippen molar-refractivity contribution in [2.45, 2.75) is 37.8 Å². The highest BCUT2D eigenvalue weighted by Gasteiger charge is 2.25. The van der Waals surface area contributed by atoms with Crippen LogP contribution in [0.4, 0.5) is 4.79 Å². The summed E-state index contributed by atoms with van der Waals surface area (Å²) >= 11 is 0. The molecule has 1 saturated heterocycles. The SMILES string of the molecule is O=C(O)NC1CCN(CC2CCc3ccccc3O2)CC1. The molecule has 21 heavy (non-hydrogen) atoms. The van der Waals surface area contributed by atoms with Crippen molar-refractivity contribution < 1.29 is 14.6 Å². The number of amides is 1. The van der Waals surface area contributed by atoms with Gasteiger partial charge in [0.15, 0.2) is 0 Å². The second-order valence-electron chi connectivity index (χ2n) is 5.91. The maximum absolute atomic E-state index is 10.6. The normalized spacial score (nSPS) is 23.1. The maximum Gasteiger partial charge on any atom is 0.404 e. The molecule has 1 unspecified atom stereocenters. The van der Waals surface area contributed by atoms with Crippen LogP contribution in [0.3, 0.4) is 0 Å². The van der Waals surface area contributed by atoms with Gasteiger partial charge in [0.25, 0.3) is 0 Å². The van der Waals surface area contributed by atoms with Gasteiger partial charge in [-0.15, -0.1) is 0 Å². The summed E-state index contributed by atoms with van der Waals surface area (Å²) in [6.45, 7) is 2.81. The summed E-state index contributed by atoms with van der Waals surface area (Å²) in [5.41, 5.74) is 1.30. The lowest BCUT2D eigenvalue weighted by atomic mass is 10.0. The number of hydrogen-bond acceptors (Lipinski definition) is 3. The molecule has 0 saturated carbocycles. The molecule has 1 fully saturated rings. The van der Waals surface area contributed by atoms with Gasteiger partial charge >= 0.3 is 6.09 Å². The molecule has 5 heteroatoms. The average molecular weight is 290 g/mol. The second kappa shape index (κ2) is 6.35. The molecule has 1 aromatic carbocycles. The Bertz CT molecular complexity index is 498. The van der Waals surface area contributed by atoms with Crippen LogP contribution >= 0.6 is 0 Å². The van der Waals surface area contributed by atoms with Crippen LogP contribution < -0.4 is 10.1 Å². The monoisotopic (exact) mass is 290 g/mol. The summed E-state index contributed by atoms with van der Waals surface area (Å²) in [6.07, 6.45) is 3.25. The van der Waals surface area contributed by atoms with E-state index in [1.165, 1.54) is 5.56 Å². The Morgan fingerprint density at radius 1 is 1.29 bits per heavy atom. The average Bonchev–Trinajstić information content (AvgIpc) is 2.49. The maximum atomic E-state index is 10.6. The minimum absolute atomic E-state index is 0.103. The zero-order chi connectivity index (χ0) is 14.7. The molecule has 2 N–H and O–H groups in total. The van der Waals surface area contributed by atoms with E-state index in [9.17, 15) is 4.79 Å². The van der Waals surface area contributed by atoms with Gasteiger partial charge < -0.3 is 15.2 Å². The fourth-order valence-electron chi connectivity index (χ4n) is 3.23. The summed E-state index contributed by atoms with van der Waals surface area (Å²) in [4.78, 5) is 13.0. The molecule has 2 heterocycles. The van der Waals surface area contributed by atoms with E-state index < -0.39 is 6.09 Å². The number of carbonyl (C=O) groups is 1. The number of nitrogens with zero attached hydrogens (tertiary/aromatic N) is 1. The lowest BCUT2D eigenvalue weighted by molar-refractivity contribution is 0.0952. The van der Waals surface area contributed by atoms with E-state index in [1.54, 1.807) is 0 Å². The van der Waals surface area contributed by atoms with Gasteiger partial charge in [-0.05, 0) is 37.3 Å². The van der Waals surface area contributed by atoms with Crippen molar-refractivity contribution in [1.29, 1.82) is 0 Å². The van der Waals surface area contributed by atoms with Crippen LogP contribution in [-0.2, 0) is 6.42 Å². The van der Waals surface area contributed by atoms with E-state index in [1.807, 2.05) is 12.1 Å². The Kier molecular flexibility index (Phi) is 4.29. The molecule has 0 bridgehead atoms. The van der Waals surface area contributed by atoms with Gasteiger partial charge in [0.05, 0.1) is 0 Å². The number of likely N-dealkylation sites (tertiary alicyclic amines) is 1. The number of carboxylic acid groups (broad SMARTS) is 1. The molecule has 1 aromatic rings. The van der Waals surface area contributed by atoms with Gasteiger partial charge in [0, 0.05) is 25.7 Å². The predicted octanol–water partition coefficient (Wildman–Crippen LogP) is 2.11. The first-order valence-corrected chi connectivity index (χ1v) is 7.67. The molecule has 3 rings (SSSR count). The van der Waals surface area contributed by atoms with Crippen LogP contribution in [0.1, 0.15) is 24.8 Å². The van der Waals surface area contributed by atoms with Gasteiger partial charge in [-0.2, -0.15) is 0 Å². The van der Waals surface area contributed by atoms with Gasteiger partial charge in [-0.1, -0.05) is 18.2 Å². The van der Waals surface area contributed by atoms with Crippen LogP contribution in [0, 0.1) is 0 Å². The van der Waals surface area contributed by atoms with Crippen LogP contribution in [0.15, 0.2) is 24.3 Å². The van der Waals surface area contributed by atoms with Gasteiger partial charge in [-0.3, -0.25) is 4.90 Å². The van der Waals surface area contributed by atoms with E-state index in [4.69, 9.17) is 9.84 Å². The number of nitrogens with one attached hydrogen (secondary N) is 1. The number of ether oxygens (including phenoxy) is 1. The highest BCUT2D eigenvalue weighted by molar-refractivity contribution is 5.64. The molecule has 114 valence electrons. The van der Waals surface area contributed by atoms with Crippen molar-refractivity contribution in [3.05, 3.63) is 29.8 Å². The quantitative estimate of drug-likeness (QED) is 0.895. The highest BCUT2D eigenvalue weighted by atomic mass is 16.5. The molecule has 2 aliphatic rings. The fourth-order valence-corrected chi connectivity index (χ4v) is 3.23. The zero-order valence-corrected chi connectivity index (χ0v) is 12.1. The van der Waals surface area contributed by atoms with Gasteiger partial charge in [-0.25, -0.2) is 4.79 Å². The van der Waals surface area contributed by atoms with Crippen molar-refractivity contribution in [2.24, 2.45) is 0 Å². The smallest absolute Gasteiger partial charge is 0.404 e. The third-order valence-electron chi connectivity index (χ3n) is 4.38. The number of aryl methyl sites for hydroxylation is 1. The number of hydrogen-bond donors (Lipinski definition) is 2. The second-order valence-corrected chi connectivity index (χ2v) is 5.91. The molecular formula is C16H22N2O3.